The first-order valence-electron chi connectivity index (χ1n) is 12.3. The van der Waals surface area contributed by atoms with Crippen molar-refractivity contribution in [2.75, 3.05) is 0 Å². The molecule has 0 atom stereocenters. The maximum Gasteiger partial charge on any atom is 0.335 e. The van der Waals surface area contributed by atoms with Gasteiger partial charge in [-0.2, -0.15) is 0 Å². The zero-order chi connectivity index (χ0) is 24.2. The monoisotopic (exact) mass is 533 g/mol. The lowest BCUT2D eigenvalue weighted by molar-refractivity contribution is -0.00521. The molecule has 2 N–H and O–H groups in total. The summed E-state index contributed by atoms with van der Waals surface area (Å²) < 4.78 is 1.86. The van der Waals surface area contributed by atoms with E-state index in [1.54, 1.807) is 0 Å². The molecule has 0 unspecified atom stereocenters. The number of aromatic nitrogens is 2. The molecule has 7 heteroatoms. The first-order chi connectivity index (χ1) is 16.9. The number of H-pyrrole nitrogens is 1. The summed E-state index contributed by atoms with van der Waals surface area (Å²) >= 11 is 3.66. The van der Waals surface area contributed by atoms with Gasteiger partial charge in [0.25, 0.3) is 5.56 Å². The number of benzene rings is 2. The predicted molar refractivity (Wildman–Crippen MR) is 140 cm³/mol. The second-order valence-corrected chi connectivity index (χ2v) is 11.5. The molecule has 4 bridgehead atoms. The van der Waals surface area contributed by atoms with Crippen LogP contribution in [0.25, 0.3) is 5.69 Å². The molecule has 2 aromatic carbocycles. The minimum Gasteiger partial charge on any atom is -0.493 e. The number of rotatable bonds is 5. The maximum absolute atomic E-state index is 12.7. The smallest absolute Gasteiger partial charge is 0.335 e. The first-order valence-corrected chi connectivity index (χ1v) is 13.1. The number of aliphatic imine (C=N–C) groups is 1. The average molecular weight is 534 g/mol. The molecule has 0 spiro atoms. The van der Waals surface area contributed by atoms with Crippen molar-refractivity contribution in [1.82, 2.24) is 9.55 Å². The van der Waals surface area contributed by atoms with Crippen molar-refractivity contribution in [2.45, 2.75) is 50.5 Å². The van der Waals surface area contributed by atoms with E-state index in [0.717, 1.165) is 32.4 Å². The average Bonchev–Trinajstić information content (AvgIpc) is 2.82. The second kappa shape index (κ2) is 8.63. The van der Waals surface area contributed by atoms with E-state index in [4.69, 9.17) is 0 Å². The normalized spacial score (nSPS) is 27.1. The van der Waals surface area contributed by atoms with Crippen molar-refractivity contribution in [3.05, 3.63) is 90.5 Å². The highest BCUT2D eigenvalue weighted by Crippen LogP contribution is 2.60. The fourth-order valence-corrected chi connectivity index (χ4v) is 7.74. The van der Waals surface area contributed by atoms with Gasteiger partial charge >= 0.3 is 5.69 Å². The number of hydrogen-bond donors (Lipinski definition) is 2. The lowest BCUT2D eigenvalue weighted by Crippen LogP contribution is -2.48. The Bertz CT molecular complexity index is 1390. The van der Waals surface area contributed by atoms with Crippen molar-refractivity contribution in [2.24, 2.45) is 22.7 Å². The van der Waals surface area contributed by atoms with Gasteiger partial charge in [-0.1, -0.05) is 36.4 Å². The fourth-order valence-electron chi connectivity index (χ4n) is 7.19. The molecule has 0 saturated heterocycles. The van der Waals surface area contributed by atoms with Gasteiger partial charge in [-0.3, -0.25) is 14.8 Å². The molecule has 1 aromatic heterocycles. The number of aromatic amines is 1. The minimum atomic E-state index is -0.684. The van der Waals surface area contributed by atoms with Crippen LogP contribution in [0.4, 0.5) is 0 Å². The Morgan fingerprint density at radius 1 is 1.03 bits per heavy atom. The molecule has 7 rings (SSSR count). The third-order valence-electron chi connectivity index (χ3n) is 8.30. The van der Waals surface area contributed by atoms with Crippen LogP contribution in [0.3, 0.4) is 0 Å². The van der Waals surface area contributed by atoms with Crippen LogP contribution >= 0.6 is 15.9 Å². The summed E-state index contributed by atoms with van der Waals surface area (Å²) in [5.41, 5.74) is 1.62. The SMILES string of the molecule is O=c1[nH]c(=O)n(-c2ccc(C34CC5CC(CC(C5)C3)C4)cc2Br)c(O)c1C=NCc1ccccc1. The third-order valence-corrected chi connectivity index (χ3v) is 8.93. The first kappa shape index (κ1) is 22.5. The van der Waals surface area contributed by atoms with Crippen molar-refractivity contribution in [1.29, 1.82) is 0 Å². The van der Waals surface area contributed by atoms with Crippen LogP contribution in [0.1, 0.15) is 55.2 Å². The van der Waals surface area contributed by atoms with Crippen LogP contribution < -0.4 is 11.2 Å². The lowest BCUT2D eigenvalue weighted by Gasteiger charge is -2.57. The molecular weight excluding hydrogens is 506 g/mol. The van der Waals surface area contributed by atoms with E-state index in [9.17, 15) is 14.7 Å². The van der Waals surface area contributed by atoms with Crippen LogP contribution in [0, 0.1) is 17.8 Å². The maximum atomic E-state index is 12.7. The Morgan fingerprint density at radius 3 is 2.31 bits per heavy atom. The Kier molecular flexibility index (Phi) is 5.55. The van der Waals surface area contributed by atoms with Gasteiger partial charge in [-0.05, 0) is 101 Å². The molecule has 180 valence electrons. The largest absolute Gasteiger partial charge is 0.493 e. The Hall–Kier alpha value is -2.93. The predicted octanol–water partition coefficient (Wildman–Crippen LogP) is 5.08. The van der Waals surface area contributed by atoms with Gasteiger partial charge in [0.15, 0.2) is 0 Å². The molecule has 0 radical (unpaired) electrons. The molecule has 0 amide bonds. The summed E-state index contributed by atoms with van der Waals surface area (Å²) in [5.74, 6) is 2.09. The standard InChI is InChI=1S/C28H28BrN3O3/c29-23-11-21(28-12-18-8-19(13-28)10-20(9-18)14-28)6-7-24(23)32-26(34)22(25(33)31-27(32)35)16-30-15-17-4-2-1-3-5-17/h1-7,11,16,18-20,34H,8-10,12-15H2,(H,31,33,35). The Morgan fingerprint density at radius 2 is 1.69 bits per heavy atom. The van der Waals surface area contributed by atoms with Crippen LogP contribution in [0.15, 0.2) is 67.6 Å². The number of hydrogen-bond acceptors (Lipinski definition) is 4. The minimum absolute atomic E-state index is 0.0439. The number of halogens is 1. The van der Waals surface area contributed by atoms with E-state index < -0.39 is 17.1 Å². The van der Waals surface area contributed by atoms with Crippen LogP contribution in [-0.4, -0.2) is 20.9 Å². The van der Waals surface area contributed by atoms with Crippen molar-refractivity contribution < 1.29 is 5.11 Å². The van der Waals surface area contributed by atoms with Gasteiger partial charge in [0.05, 0.1) is 12.2 Å². The van der Waals surface area contributed by atoms with E-state index in [-0.39, 0.29) is 11.0 Å². The van der Waals surface area contributed by atoms with Gasteiger partial charge < -0.3 is 5.11 Å². The van der Waals surface area contributed by atoms with Gasteiger partial charge in [0, 0.05) is 10.7 Å². The zero-order valence-electron chi connectivity index (χ0n) is 19.4. The van der Waals surface area contributed by atoms with E-state index in [1.807, 2.05) is 36.4 Å². The zero-order valence-corrected chi connectivity index (χ0v) is 21.0. The molecule has 4 aliphatic rings. The summed E-state index contributed by atoms with van der Waals surface area (Å²) in [4.78, 5) is 31.8. The molecule has 0 aliphatic heterocycles. The van der Waals surface area contributed by atoms with Crippen molar-refractivity contribution in [3.63, 3.8) is 0 Å². The molecule has 4 aliphatic carbocycles. The summed E-state index contributed by atoms with van der Waals surface area (Å²) in [6, 6.07) is 15.7. The molecule has 4 saturated carbocycles. The Labute approximate surface area is 211 Å². The van der Waals surface area contributed by atoms with Crippen LogP contribution in [0.5, 0.6) is 5.88 Å². The fraction of sp³-hybridized carbons (Fsp3) is 0.393. The summed E-state index contributed by atoms with van der Waals surface area (Å²) in [6.45, 7) is 0.363. The summed E-state index contributed by atoms with van der Waals surface area (Å²) in [6.07, 6.45) is 9.22. The number of nitrogens with one attached hydrogen (secondary N) is 1. The molecule has 3 aromatic rings. The second-order valence-electron chi connectivity index (χ2n) is 10.7. The molecule has 6 nitrogen and oxygen atoms in total. The highest BCUT2D eigenvalue weighted by molar-refractivity contribution is 9.10. The van der Waals surface area contributed by atoms with Crippen molar-refractivity contribution >= 4 is 22.1 Å². The van der Waals surface area contributed by atoms with Crippen molar-refractivity contribution in [3.8, 4) is 11.6 Å². The third kappa shape index (κ3) is 3.99. The number of aromatic hydroxyl groups is 1. The van der Waals surface area contributed by atoms with Gasteiger partial charge in [0.1, 0.15) is 5.56 Å². The molecule has 1 heterocycles. The topological polar surface area (TPSA) is 87.5 Å². The summed E-state index contributed by atoms with van der Waals surface area (Å²) in [5, 5.41) is 11.0. The van der Waals surface area contributed by atoms with Gasteiger partial charge in [-0.15, -0.1) is 0 Å². The van der Waals surface area contributed by atoms with E-state index in [2.05, 4.69) is 38.0 Å². The van der Waals surface area contributed by atoms with Gasteiger partial charge in [0.2, 0.25) is 5.88 Å². The lowest BCUT2D eigenvalue weighted by atomic mass is 9.48. The van der Waals surface area contributed by atoms with E-state index in [1.165, 1.54) is 50.3 Å². The summed E-state index contributed by atoms with van der Waals surface area (Å²) in [7, 11) is 0. The quantitative estimate of drug-likeness (QED) is 0.448. The van der Waals surface area contributed by atoms with E-state index >= 15 is 0 Å². The molecule has 35 heavy (non-hydrogen) atoms. The van der Waals surface area contributed by atoms with Crippen LogP contribution in [-0.2, 0) is 12.0 Å². The molecular formula is C28H28BrN3O3. The van der Waals surface area contributed by atoms with E-state index in [0.29, 0.717) is 12.2 Å². The highest BCUT2D eigenvalue weighted by Gasteiger charge is 2.51. The highest BCUT2D eigenvalue weighted by atomic mass is 79.9. The Balaban J connectivity index is 1.34. The van der Waals surface area contributed by atoms with Gasteiger partial charge in [-0.25, -0.2) is 9.36 Å². The number of nitrogens with zero attached hydrogens (tertiary/aromatic N) is 2. The molecule has 4 fully saturated rings. The van der Waals surface area contributed by atoms with Crippen LogP contribution in [0.2, 0.25) is 0 Å².